The predicted molar refractivity (Wildman–Crippen MR) is 153 cm³/mol. The van der Waals surface area contributed by atoms with Crippen LogP contribution in [-0.4, -0.2) is 61.1 Å². The van der Waals surface area contributed by atoms with Crippen LogP contribution in [-0.2, 0) is 38.1 Å². The Morgan fingerprint density at radius 3 is 1.93 bits per heavy atom. The largest absolute Gasteiger partial charge is 0.465 e. The summed E-state index contributed by atoms with van der Waals surface area (Å²) in [6.07, 6.45) is -12.5. The number of esters is 4. The van der Waals surface area contributed by atoms with Crippen molar-refractivity contribution in [3.63, 3.8) is 0 Å². The molecule has 1 heterocycles. The molecule has 0 aromatic rings. The van der Waals surface area contributed by atoms with Gasteiger partial charge in [0.1, 0.15) is 12.2 Å². The van der Waals surface area contributed by atoms with Crippen molar-refractivity contribution < 1.29 is 64.5 Å². The standard InChI is InChI=1S/C18H20F6O6.C14H28O2/c1-4-15(2,3)12(25)29-10-7-5-8-9(10)16(6-7,13(26)28-8)14(27)30-11(17(19,20)21)18(22,23)24;1-6-9-10-12(7-2)11-16-13(15)14(4,5)8-3/h7-11H,4-6H2,1-3H3;12H,6-11H2,1-5H3. The Morgan fingerprint density at radius 2 is 1.46 bits per heavy atom. The molecule has 0 spiro atoms. The highest BCUT2D eigenvalue weighted by molar-refractivity contribution is 6.03. The zero-order valence-corrected chi connectivity index (χ0v) is 27.9. The summed E-state index contributed by atoms with van der Waals surface area (Å²) in [5, 5.41) is 0. The zero-order valence-electron chi connectivity index (χ0n) is 27.9. The molecule has 266 valence electrons. The minimum absolute atomic E-state index is 0.0510. The number of carbonyl (C=O) groups is 4. The summed E-state index contributed by atoms with van der Waals surface area (Å²) >= 11 is 0. The summed E-state index contributed by atoms with van der Waals surface area (Å²) in [5.41, 5.74) is -3.59. The highest BCUT2D eigenvalue weighted by atomic mass is 19.4. The fourth-order valence-electron chi connectivity index (χ4n) is 5.88. The Hall–Kier alpha value is -2.54. The van der Waals surface area contributed by atoms with Gasteiger partial charge in [0.2, 0.25) is 0 Å². The molecule has 1 saturated heterocycles. The summed E-state index contributed by atoms with van der Waals surface area (Å²) in [4.78, 5) is 49.2. The van der Waals surface area contributed by atoms with E-state index >= 15 is 0 Å². The molecule has 8 nitrogen and oxygen atoms in total. The first-order valence-electron chi connectivity index (χ1n) is 16.0. The van der Waals surface area contributed by atoms with Gasteiger partial charge in [0.25, 0.3) is 6.10 Å². The van der Waals surface area contributed by atoms with Crippen molar-refractivity contribution in [2.45, 2.75) is 137 Å². The fourth-order valence-corrected chi connectivity index (χ4v) is 5.88. The molecule has 14 heteroatoms. The highest BCUT2D eigenvalue weighted by Gasteiger charge is 2.77. The normalized spacial score (nSPS) is 26.3. The zero-order chi connectivity index (χ0) is 35.5. The van der Waals surface area contributed by atoms with Crippen molar-refractivity contribution in [3.05, 3.63) is 0 Å². The van der Waals surface area contributed by atoms with Gasteiger partial charge in [-0.25, -0.2) is 0 Å². The SMILES string of the molecule is CCC(C)(C)C(=O)OC1C2CC3OC(=O)C(C(=O)OC(C(F)(F)F)C(F)(F)F)(C2)C31.CCCCC(CC)COC(=O)C(C)(C)CC. The van der Waals surface area contributed by atoms with E-state index in [0.717, 1.165) is 12.8 Å². The highest BCUT2D eigenvalue weighted by Crippen LogP contribution is 2.63. The van der Waals surface area contributed by atoms with Crippen molar-refractivity contribution in [1.82, 2.24) is 0 Å². The number of fused-ring (bicyclic) bond motifs is 1. The predicted octanol–water partition coefficient (Wildman–Crippen LogP) is 7.50. The Balaban J connectivity index is 0.000000392. The van der Waals surface area contributed by atoms with Gasteiger partial charge < -0.3 is 18.9 Å². The Kier molecular flexibility index (Phi) is 12.7. The maximum absolute atomic E-state index is 12.8. The molecular formula is C32H48F6O8. The second-order valence-corrected chi connectivity index (χ2v) is 13.9. The number of rotatable bonds is 13. The van der Waals surface area contributed by atoms with E-state index in [2.05, 4.69) is 18.6 Å². The van der Waals surface area contributed by atoms with Crippen LogP contribution < -0.4 is 0 Å². The molecule has 0 aromatic carbocycles. The van der Waals surface area contributed by atoms with Crippen LogP contribution in [0.4, 0.5) is 26.3 Å². The van der Waals surface area contributed by atoms with E-state index in [1.165, 1.54) is 19.3 Å². The number of ether oxygens (including phenoxy) is 4. The van der Waals surface area contributed by atoms with Gasteiger partial charge in [0, 0.05) is 5.92 Å². The lowest BCUT2D eigenvalue weighted by Gasteiger charge is -2.30. The van der Waals surface area contributed by atoms with Gasteiger partial charge in [0.05, 0.1) is 23.4 Å². The number of hydrogen-bond acceptors (Lipinski definition) is 8. The van der Waals surface area contributed by atoms with Crippen molar-refractivity contribution in [2.24, 2.45) is 34.0 Å². The average Bonchev–Trinajstić information content (AvgIpc) is 3.51. The summed E-state index contributed by atoms with van der Waals surface area (Å²) in [6.45, 7) is 15.8. The second-order valence-electron chi connectivity index (χ2n) is 13.9. The monoisotopic (exact) mass is 674 g/mol. The Labute approximate surface area is 266 Å². The molecule has 2 saturated carbocycles. The van der Waals surface area contributed by atoms with Gasteiger partial charge in [-0.05, 0) is 65.7 Å². The lowest BCUT2D eigenvalue weighted by atomic mass is 9.74. The van der Waals surface area contributed by atoms with Crippen LogP contribution in [0, 0.1) is 34.0 Å². The van der Waals surface area contributed by atoms with E-state index < -0.39 is 77.7 Å². The summed E-state index contributed by atoms with van der Waals surface area (Å²) in [5.74, 6) is -5.18. The summed E-state index contributed by atoms with van der Waals surface area (Å²) in [6, 6.07) is 0. The molecule has 2 aliphatic carbocycles. The van der Waals surface area contributed by atoms with E-state index in [1.54, 1.807) is 20.8 Å². The van der Waals surface area contributed by atoms with Crippen molar-refractivity contribution in [2.75, 3.05) is 6.61 Å². The van der Waals surface area contributed by atoms with E-state index in [-0.39, 0.29) is 17.8 Å². The van der Waals surface area contributed by atoms with Crippen LogP contribution in [0.3, 0.4) is 0 Å². The third-order valence-electron chi connectivity index (χ3n) is 9.82. The molecule has 2 bridgehead atoms. The first kappa shape index (κ1) is 39.6. The molecule has 0 aromatic heterocycles. The molecular weight excluding hydrogens is 626 g/mol. The topological polar surface area (TPSA) is 105 Å². The van der Waals surface area contributed by atoms with E-state index in [1.807, 2.05) is 20.8 Å². The molecule has 0 N–H and O–H groups in total. The molecule has 3 fully saturated rings. The number of halogens is 6. The van der Waals surface area contributed by atoms with Crippen molar-refractivity contribution in [1.29, 1.82) is 0 Å². The number of hydrogen-bond donors (Lipinski definition) is 0. The van der Waals surface area contributed by atoms with E-state index in [9.17, 15) is 45.5 Å². The van der Waals surface area contributed by atoms with Crippen LogP contribution in [0.2, 0.25) is 0 Å². The first-order valence-corrected chi connectivity index (χ1v) is 16.0. The van der Waals surface area contributed by atoms with Crippen LogP contribution >= 0.6 is 0 Å². The Morgan fingerprint density at radius 1 is 0.913 bits per heavy atom. The van der Waals surface area contributed by atoms with Crippen LogP contribution in [0.5, 0.6) is 0 Å². The summed E-state index contributed by atoms with van der Waals surface area (Å²) in [7, 11) is 0. The molecule has 6 atom stereocenters. The molecule has 0 amide bonds. The third-order valence-corrected chi connectivity index (χ3v) is 9.82. The molecule has 6 unspecified atom stereocenters. The van der Waals surface area contributed by atoms with Crippen LogP contribution in [0.15, 0.2) is 0 Å². The maximum Gasteiger partial charge on any atom is 0.434 e. The van der Waals surface area contributed by atoms with Crippen LogP contribution in [0.25, 0.3) is 0 Å². The average molecular weight is 675 g/mol. The number of alkyl halides is 6. The fraction of sp³-hybridized carbons (Fsp3) is 0.875. The molecule has 0 radical (unpaired) electrons. The molecule has 3 aliphatic rings. The van der Waals surface area contributed by atoms with Crippen LogP contribution in [0.1, 0.15) is 107 Å². The maximum atomic E-state index is 12.8. The second kappa shape index (κ2) is 14.7. The van der Waals surface area contributed by atoms with Crippen molar-refractivity contribution in [3.8, 4) is 0 Å². The smallest absolute Gasteiger partial charge is 0.434 e. The molecule has 3 rings (SSSR count). The first-order chi connectivity index (χ1) is 21.0. The number of unbranched alkanes of at least 4 members (excludes halogenated alkanes) is 1. The minimum Gasteiger partial charge on any atom is -0.465 e. The van der Waals surface area contributed by atoms with Gasteiger partial charge >= 0.3 is 36.2 Å². The lowest BCUT2D eigenvalue weighted by Crippen LogP contribution is -2.51. The minimum atomic E-state index is -5.92. The lowest BCUT2D eigenvalue weighted by molar-refractivity contribution is -0.315. The van der Waals surface area contributed by atoms with Gasteiger partial charge in [-0.2, -0.15) is 26.3 Å². The molecule has 46 heavy (non-hydrogen) atoms. The van der Waals surface area contributed by atoms with Gasteiger partial charge in [-0.3, -0.25) is 19.2 Å². The quantitative estimate of drug-likeness (QED) is 0.0856. The van der Waals surface area contributed by atoms with Gasteiger partial charge in [0.15, 0.2) is 5.41 Å². The van der Waals surface area contributed by atoms with Gasteiger partial charge in [-0.1, -0.05) is 47.0 Å². The van der Waals surface area contributed by atoms with Crippen molar-refractivity contribution >= 4 is 23.9 Å². The van der Waals surface area contributed by atoms with E-state index in [4.69, 9.17) is 14.2 Å². The van der Waals surface area contributed by atoms with E-state index in [0.29, 0.717) is 18.9 Å². The summed E-state index contributed by atoms with van der Waals surface area (Å²) < 4.78 is 96.7. The van der Waals surface area contributed by atoms with Gasteiger partial charge in [-0.15, -0.1) is 0 Å². The number of carbonyl (C=O) groups excluding carboxylic acids is 4. The Bertz CT molecular complexity index is 1090. The molecule has 1 aliphatic heterocycles. The third kappa shape index (κ3) is 8.48.